The summed E-state index contributed by atoms with van der Waals surface area (Å²) >= 11 is 0. The molecule has 2 atom stereocenters. The Bertz CT molecular complexity index is 877. The maximum absolute atomic E-state index is 13.8. The van der Waals surface area contributed by atoms with Crippen LogP contribution in [0.2, 0.25) is 0 Å². The first kappa shape index (κ1) is 19.7. The van der Waals surface area contributed by atoms with Gasteiger partial charge in [0.05, 0.1) is 30.3 Å². The number of alkyl halides is 1. The van der Waals surface area contributed by atoms with Gasteiger partial charge in [-0.2, -0.15) is 0 Å². The zero-order valence-corrected chi connectivity index (χ0v) is 16.7. The molecule has 2 aromatic heterocycles. The number of carbonyl (C=O) groups excluding carboxylic acids is 1. The molecule has 1 N–H and O–H groups in total. The highest BCUT2D eigenvalue weighted by atomic mass is 19.1. The fourth-order valence-electron chi connectivity index (χ4n) is 4.25. The quantitative estimate of drug-likeness (QED) is 0.782. The summed E-state index contributed by atoms with van der Waals surface area (Å²) in [5, 5.41) is 3.59. The zero-order chi connectivity index (χ0) is 20.2. The van der Waals surface area contributed by atoms with Crippen molar-refractivity contribution in [3.63, 3.8) is 0 Å². The molecule has 2 aliphatic rings. The highest BCUT2D eigenvalue weighted by Crippen LogP contribution is 2.23. The van der Waals surface area contributed by atoms with Crippen molar-refractivity contribution in [2.45, 2.75) is 37.5 Å². The first-order chi connectivity index (χ1) is 14.1. The van der Waals surface area contributed by atoms with Crippen molar-refractivity contribution in [3.05, 3.63) is 30.6 Å². The van der Waals surface area contributed by atoms with E-state index < -0.39 is 6.17 Å². The summed E-state index contributed by atoms with van der Waals surface area (Å²) in [7, 11) is 1.66. The van der Waals surface area contributed by atoms with Crippen LogP contribution in [0, 0.1) is 0 Å². The number of likely N-dealkylation sites (tertiary alicyclic amines) is 2. The molecule has 0 radical (unpaired) electrons. The maximum Gasteiger partial charge on any atom is 0.237 e. The summed E-state index contributed by atoms with van der Waals surface area (Å²) in [6, 6.07) is 5.92. The summed E-state index contributed by atoms with van der Waals surface area (Å²) in [4.78, 5) is 29.3. The van der Waals surface area contributed by atoms with Gasteiger partial charge in [-0.3, -0.25) is 24.7 Å². The van der Waals surface area contributed by atoms with Gasteiger partial charge in [-0.25, -0.2) is 4.39 Å². The third-order valence-corrected chi connectivity index (χ3v) is 5.74. The fourth-order valence-corrected chi connectivity index (χ4v) is 4.25. The fraction of sp³-hybridized carbons (Fsp3) is 0.524. The predicted molar refractivity (Wildman–Crippen MR) is 112 cm³/mol. The highest BCUT2D eigenvalue weighted by molar-refractivity contribution is 5.87. The Morgan fingerprint density at radius 2 is 2.14 bits per heavy atom. The van der Waals surface area contributed by atoms with Crippen LogP contribution in [-0.2, 0) is 4.79 Å². The van der Waals surface area contributed by atoms with E-state index in [1.54, 1.807) is 30.6 Å². The molecule has 4 rings (SSSR count). The van der Waals surface area contributed by atoms with Gasteiger partial charge in [0, 0.05) is 51.2 Å². The topological polar surface area (TPSA) is 73.7 Å². The van der Waals surface area contributed by atoms with Gasteiger partial charge < -0.3 is 10.2 Å². The third kappa shape index (κ3) is 4.53. The van der Waals surface area contributed by atoms with E-state index in [2.05, 4.69) is 25.2 Å². The van der Waals surface area contributed by atoms with Crippen LogP contribution in [0.1, 0.15) is 19.3 Å². The first-order valence-electron chi connectivity index (χ1n) is 10.2. The molecule has 154 valence electrons. The normalized spacial score (nSPS) is 23.9. The van der Waals surface area contributed by atoms with E-state index in [0.29, 0.717) is 19.0 Å². The summed E-state index contributed by atoms with van der Waals surface area (Å²) < 4.78 is 13.8. The van der Waals surface area contributed by atoms with Gasteiger partial charge in [0.25, 0.3) is 0 Å². The molecule has 0 aromatic carbocycles. The minimum atomic E-state index is -0.958. The second-order valence-corrected chi connectivity index (χ2v) is 7.78. The minimum absolute atomic E-state index is 0.00853. The van der Waals surface area contributed by atoms with E-state index in [4.69, 9.17) is 0 Å². The van der Waals surface area contributed by atoms with E-state index in [-0.39, 0.29) is 18.5 Å². The Morgan fingerprint density at radius 1 is 1.31 bits per heavy atom. The monoisotopic (exact) mass is 398 g/mol. The van der Waals surface area contributed by atoms with Crippen LogP contribution in [0.4, 0.5) is 10.1 Å². The van der Waals surface area contributed by atoms with Crippen LogP contribution >= 0.6 is 0 Å². The molecule has 2 saturated heterocycles. The highest BCUT2D eigenvalue weighted by Gasteiger charge is 2.35. The molecule has 8 heteroatoms. The van der Waals surface area contributed by atoms with Crippen molar-refractivity contribution in [2.24, 2.45) is 4.99 Å². The van der Waals surface area contributed by atoms with Crippen molar-refractivity contribution in [1.82, 2.24) is 19.8 Å². The summed E-state index contributed by atoms with van der Waals surface area (Å²) in [5.74, 6) is -0.00853. The lowest BCUT2D eigenvalue weighted by Crippen LogP contribution is -2.47. The maximum atomic E-state index is 13.8. The van der Waals surface area contributed by atoms with Crippen molar-refractivity contribution in [1.29, 1.82) is 0 Å². The molecule has 4 heterocycles. The Balaban J connectivity index is 1.31. The van der Waals surface area contributed by atoms with Gasteiger partial charge in [0.1, 0.15) is 11.7 Å². The number of aromatic nitrogens is 2. The number of hydrogen-bond acceptors (Lipinski definition) is 6. The molecule has 1 amide bonds. The van der Waals surface area contributed by atoms with E-state index in [0.717, 1.165) is 42.7 Å². The standard InChI is InChI=1S/C21H27FN6O/c1-23-12-17-11-15(22)13-28(17)20(29)14-27-9-5-16(6-10-27)26-19-4-8-24-18-3-2-7-25-21(18)19/h2-4,7-8,12,15-17H,5-6,9-11,13-14H2,1H3,(H,24,26)/t15-,17-/m0/s1. The Labute approximate surface area is 170 Å². The number of nitrogens with zero attached hydrogens (tertiary/aromatic N) is 5. The van der Waals surface area contributed by atoms with E-state index >= 15 is 0 Å². The van der Waals surface area contributed by atoms with Crippen LogP contribution in [0.25, 0.3) is 11.0 Å². The van der Waals surface area contributed by atoms with Crippen LogP contribution < -0.4 is 5.32 Å². The number of fused-ring (bicyclic) bond motifs is 1. The lowest BCUT2D eigenvalue weighted by atomic mass is 10.0. The van der Waals surface area contributed by atoms with Crippen LogP contribution in [0.15, 0.2) is 35.6 Å². The van der Waals surface area contributed by atoms with Crippen molar-refractivity contribution in [2.75, 3.05) is 38.5 Å². The number of piperidine rings is 1. The number of carbonyl (C=O) groups is 1. The Morgan fingerprint density at radius 3 is 2.93 bits per heavy atom. The number of rotatable bonds is 5. The molecule has 0 unspecified atom stereocenters. The number of amides is 1. The molecular formula is C21H27FN6O. The lowest BCUT2D eigenvalue weighted by Gasteiger charge is -2.34. The zero-order valence-electron chi connectivity index (χ0n) is 16.7. The molecule has 2 aliphatic heterocycles. The second-order valence-electron chi connectivity index (χ2n) is 7.78. The Kier molecular flexibility index (Phi) is 5.99. The number of hydrogen-bond donors (Lipinski definition) is 1. The summed E-state index contributed by atoms with van der Waals surface area (Å²) in [6.45, 7) is 2.18. The van der Waals surface area contributed by atoms with Gasteiger partial charge in [-0.05, 0) is 31.0 Å². The van der Waals surface area contributed by atoms with Crippen LogP contribution in [0.3, 0.4) is 0 Å². The van der Waals surface area contributed by atoms with E-state index in [1.807, 2.05) is 18.2 Å². The number of aliphatic imine (C=N–C) groups is 1. The van der Waals surface area contributed by atoms with Gasteiger partial charge >= 0.3 is 0 Å². The predicted octanol–water partition coefficient (Wildman–Crippen LogP) is 2.15. The van der Waals surface area contributed by atoms with Gasteiger partial charge in [0.15, 0.2) is 0 Å². The van der Waals surface area contributed by atoms with Crippen molar-refractivity contribution >= 4 is 28.8 Å². The average molecular weight is 398 g/mol. The number of anilines is 1. The molecule has 29 heavy (non-hydrogen) atoms. The Hall–Kier alpha value is -2.61. The number of nitrogens with one attached hydrogen (secondary N) is 1. The van der Waals surface area contributed by atoms with Gasteiger partial charge in [0.2, 0.25) is 5.91 Å². The third-order valence-electron chi connectivity index (χ3n) is 5.74. The molecule has 2 fully saturated rings. The van der Waals surface area contributed by atoms with Gasteiger partial charge in [-0.1, -0.05) is 0 Å². The van der Waals surface area contributed by atoms with E-state index in [1.165, 1.54) is 0 Å². The lowest BCUT2D eigenvalue weighted by molar-refractivity contribution is -0.132. The van der Waals surface area contributed by atoms with Crippen molar-refractivity contribution in [3.8, 4) is 0 Å². The van der Waals surface area contributed by atoms with Crippen LogP contribution in [-0.4, -0.2) is 83.4 Å². The molecule has 0 spiro atoms. The number of halogens is 1. The summed E-state index contributed by atoms with van der Waals surface area (Å²) in [5.41, 5.74) is 2.76. The smallest absolute Gasteiger partial charge is 0.237 e. The molecule has 0 saturated carbocycles. The van der Waals surface area contributed by atoms with E-state index in [9.17, 15) is 9.18 Å². The molecule has 0 bridgehead atoms. The number of pyridine rings is 2. The SMILES string of the molecule is CN=C[C@@H]1C[C@H](F)CN1C(=O)CN1CCC(Nc2ccnc3cccnc23)CC1. The first-order valence-corrected chi connectivity index (χ1v) is 10.2. The summed E-state index contributed by atoms with van der Waals surface area (Å²) in [6.07, 6.45) is 6.53. The van der Waals surface area contributed by atoms with Crippen LogP contribution in [0.5, 0.6) is 0 Å². The second kappa shape index (κ2) is 8.82. The average Bonchev–Trinajstić information content (AvgIpc) is 3.10. The minimum Gasteiger partial charge on any atom is -0.380 e. The largest absolute Gasteiger partial charge is 0.380 e. The molecule has 0 aliphatic carbocycles. The van der Waals surface area contributed by atoms with Gasteiger partial charge in [-0.15, -0.1) is 0 Å². The molecular weight excluding hydrogens is 371 g/mol. The molecule has 7 nitrogen and oxygen atoms in total. The van der Waals surface area contributed by atoms with Crippen molar-refractivity contribution < 1.29 is 9.18 Å². The molecule has 2 aromatic rings.